The molecule has 0 bridgehead atoms. The van der Waals surface area contributed by atoms with Crippen molar-refractivity contribution in [3.05, 3.63) is 30.4 Å². The van der Waals surface area contributed by atoms with Gasteiger partial charge in [-0.05, 0) is 7.05 Å². The number of nitrogens with zero attached hydrogens (tertiary/aromatic N) is 3. The Labute approximate surface area is 88.7 Å². The van der Waals surface area contributed by atoms with E-state index in [1.165, 1.54) is 0 Å². The summed E-state index contributed by atoms with van der Waals surface area (Å²) in [4.78, 5) is 16.4. The molecule has 1 rings (SSSR count). The van der Waals surface area contributed by atoms with Gasteiger partial charge in [0.2, 0.25) is 0 Å². The van der Waals surface area contributed by atoms with Crippen molar-refractivity contribution in [3.8, 4) is 0 Å². The van der Waals surface area contributed by atoms with Crippen LogP contribution >= 0.6 is 0 Å². The molecule has 82 valence electrons. The van der Waals surface area contributed by atoms with Gasteiger partial charge in [-0.25, -0.2) is 9.78 Å². The van der Waals surface area contributed by atoms with E-state index in [9.17, 15) is 4.79 Å². The van der Waals surface area contributed by atoms with Gasteiger partial charge in [0.1, 0.15) is 5.82 Å². The molecule has 0 atom stereocenters. The first-order valence-electron chi connectivity index (χ1n) is 4.64. The van der Waals surface area contributed by atoms with Crippen LogP contribution in [0.15, 0.2) is 24.5 Å². The third kappa shape index (κ3) is 3.95. The molecule has 0 saturated heterocycles. The Bertz CT molecular complexity index is 357. The third-order valence-electron chi connectivity index (χ3n) is 2.01. The van der Waals surface area contributed by atoms with Gasteiger partial charge in [-0.3, -0.25) is 4.90 Å². The Morgan fingerprint density at radius 1 is 1.73 bits per heavy atom. The fraction of sp³-hybridized carbons (Fsp3) is 0.400. The van der Waals surface area contributed by atoms with Gasteiger partial charge in [0, 0.05) is 32.1 Å². The summed E-state index contributed by atoms with van der Waals surface area (Å²) in [6.45, 7) is 1.30. The van der Waals surface area contributed by atoms with Crippen LogP contribution in [0.4, 0.5) is 0 Å². The zero-order valence-corrected chi connectivity index (χ0v) is 8.92. The van der Waals surface area contributed by atoms with Gasteiger partial charge < -0.3 is 9.67 Å². The van der Waals surface area contributed by atoms with Crippen LogP contribution in [0.5, 0.6) is 0 Å². The van der Waals surface area contributed by atoms with Gasteiger partial charge in [0.15, 0.2) is 0 Å². The van der Waals surface area contributed by atoms with Crippen LogP contribution in [-0.2, 0) is 18.4 Å². The van der Waals surface area contributed by atoms with Crippen molar-refractivity contribution in [3.63, 3.8) is 0 Å². The predicted molar refractivity (Wildman–Crippen MR) is 56.3 cm³/mol. The van der Waals surface area contributed by atoms with E-state index < -0.39 is 5.97 Å². The van der Waals surface area contributed by atoms with E-state index in [0.29, 0.717) is 13.1 Å². The zero-order valence-electron chi connectivity index (χ0n) is 8.92. The van der Waals surface area contributed by atoms with Crippen LogP contribution in [0, 0.1) is 0 Å². The highest BCUT2D eigenvalue weighted by Crippen LogP contribution is 1.98. The fourth-order valence-corrected chi connectivity index (χ4v) is 1.19. The number of hydrogen-bond donors (Lipinski definition) is 1. The molecule has 1 aromatic heterocycles. The van der Waals surface area contributed by atoms with Crippen molar-refractivity contribution in [1.82, 2.24) is 14.5 Å². The maximum absolute atomic E-state index is 10.2. The van der Waals surface area contributed by atoms with Crippen molar-refractivity contribution in [1.29, 1.82) is 0 Å². The highest BCUT2D eigenvalue weighted by Gasteiger charge is 2.02. The maximum Gasteiger partial charge on any atom is 0.328 e. The molecule has 5 nitrogen and oxygen atoms in total. The van der Waals surface area contributed by atoms with Gasteiger partial charge in [0.25, 0.3) is 0 Å². The van der Waals surface area contributed by atoms with E-state index in [2.05, 4.69) is 4.98 Å². The molecule has 0 fully saturated rings. The lowest BCUT2D eigenvalue weighted by Crippen LogP contribution is -2.20. The molecule has 0 aliphatic carbocycles. The Balaban J connectivity index is 2.40. The van der Waals surface area contributed by atoms with E-state index in [0.717, 1.165) is 11.9 Å². The molecule has 1 heterocycles. The van der Waals surface area contributed by atoms with E-state index in [1.54, 1.807) is 12.3 Å². The molecule has 0 aliphatic rings. The molecule has 0 radical (unpaired) electrons. The largest absolute Gasteiger partial charge is 0.478 e. The van der Waals surface area contributed by atoms with Crippen molar-refractivity contribution in [2.75, 3.05) is 13.6 Å². The molecule has 0 unspecified atom stereocenters. The molecule has 0 saturated carbocycles. The highest BCUT2D eigenvalue weighted by atomic mass is 16.4. The van der Waals surface area contributed by atoms with E-state index >= 15 is 0 Å². The van der Waals surface area contributed by atoms with Gasteiger partial charge in [-0.2, -0.15) is 0 Å². The first kappa shape index (κ1) is 11.5. The van der Waals surface area contributed by atoms with Crippen LogP contribution in [-0.4, -0.2) is 39.1 Å². The lowest BCUT2D eigenvalue weighted by molar-refractivity contribution is -0.131. The topological polar surface area (TPSA) is 58.4 Å². The molecular formula is C10H15N3O2. The summed E-state index contributed by atoms with van der Waals surface area (Å²) in [6.07, 6.45) is 6.40. The average Bonchev–Trinajstić information content (AvgIpc) is 2.51. The summed E-state index contributed by atoms with van der Waals surface area (Å²) in [5, 5.41) is 8.41. The Morgan fingerprint density at radius 2 is 2.47 bits per heavy atom. The zero-order chi connectivity index (χ0) is 11.3. The number of aromatic nitrogens is 2. The van der Waals surface area contributed by atoms with Crippen molar-refractivity contribution >= 4 is 5.97 Å². The van der Waals surface area contributed by atoms with Crippen LogP contribution in [0.25, 0.3) is 0 Å². The second kappa shape index (κ2) is 5.31. The number of aryl methyl sites for hydroxylation is 1. The molecule has 5 heteroatoms. The second-order valence-electron chi connectivity index (χ2n) is 3.39. The molecule has 0 aromatic carbocycles. The van der Waals surface area contributed by atoms with Crippen molar-refractivity contribution < 1.29 is 9.90 Å². The fourth-order valence-electron chi connectivity index (χ4n) is 1.19. The van der Waals surface area contributed by atoms with Crippen LogP contribution in [0.2, 0.25) is 0 Å². The molecule has 1 N–H and O–H groups in total. The van der Waals surface area contributed by atoms with E-state index in [-0.39, 0.29) is 0 Å². The van der Waals surface area contributed by atoms with Crippen molar-refractivity contribution in [2.45, 2.75) is 6.54 Å². The second-order valence-corrected chi connectivity index (χ2v) is 3.39. The molecule has 0 spiro atoms. The van der Waals surface area contributed by atoms with Crippen LogP contribution in [0.1, 0.15) is 5.82 Å². The Morgan fingerprint density at radius 3 is 3.00 bits per heavy atom. The quantitative estimate of drug-likeness (QED) is 0.717. The highest BCUT2D eigenvalue weighted by molar-refractivity contribution is 5.79. The minimum absolute atomic E-state index is 0.596. The minimum Gasteiger partial charge on any atom is -0.478 e. The first-order chi connectivity index (χ1) is 7.09. The molecule has 0 aliphatic heterocycles. The van der Waals surface area contributed by atoms with Crippen LogP contribution in [0.3, 0.4) is 0 Å². The number of hydrogen-bond acceptors (Lipinski definition) is 3. The summed E-state index contributed by atoms with van der Waals surface area (Å²) >= 11 is 0. The van der Waals surface area contributed by atoms with Gasteiger partial charge >= 0.3 is 5.97 Å². The van der Waals surface area contributed by atoms with Gasteiger partial charge in [-0.15, -0.1) is 0 Å². The maximum atomic E-state index is 10.2. The number of carboxylic acid groups (broad SMARTS) is 1. The van der Waals surface area contributed by atoms with Crippen molar-refractivity contribution in [2.24, 2.45) is 7.05 Å². The molecular weight excluding hydrogens is 194 g/mol. The summed E-state index contributed by atoms with van der Waals surface area (Å²) in [5.41, 5.74) is 0. The lowest BCUT2D eigenvalue weighted by Gasteiger charge is -2.13. The number of likely N-dealkylation sites (N-methyl/N-ethyl adjacent to an activating group) is 1. The lowest BCUT2D eigenvalue weighted by atomic mass is 10.4. The number of carbonyl (C=O) groups is 1. The van der Waals surface area contributed by atoms with Gasteiger partial charge in [-0.1, -0.05) is 6.08 Å². The molecule has 0 amide bonds. The van der Waals surface area contributed by atoms with E-state index in [4.69, 9.17) is 5.11 Å². The Kier molecular flexibility index (Phi) is 4.05. The monoisotopic (exact) mass is 209 g/mol. The van der Waals surface area contributed by atoms with Gasteiger partial charge in [0.05, 0.1) is 6.54 Å². The summed E-state index contributed by atoms with van der Waals surface area (Å²) in [7, 11) is 3.85. The number of rotatable bonds is 5. The van der Waals surface area contributed by atoms with Crippen LogP contribution < -0.4 is 0 Å². The normalized spacial score (nSPS) is 11.4. The minimum atomic E-state index is -0.916. The third-order valence-corrected chi connectivity index (χ3v) is 2.01. The standard InChI is InChI=1S/C10H15N3O2/c1-12(6-3-4-10(14)15)8-9-11-5-7-13(9)2/h3-5,7H,6,8H2,1-2H3,(H,14,15). The SMILES string of the molecule is CN(CC=CC(=O)O)Cc1nccn1C. The predicted octanol–water partition coefficient (Wildman–Crippen LogP) is 0.493. The summed E-state index contributed by atoms with van der Waals surface area (Å²) < 4.78 is 1.94. The Hall–Kier alpha value is -1.62. The average molecular weight is 209 g/mol. The molecule has 15 heavy (non-hydrogen) atoms. The smallest absolute Gasteiger partial charge is 0.328 e. The first-order valence-corrected chi connectivity index (χ1v) is 4.64. The molecule has 1 aromatic rings. The summed E-state index contributed by atoms with van der Waals surface area (Å²) in [5.74, 6) is 0.0432. The number of imidazole rings is 1. The number of aliphatic carboxylic acids is 1. The number of carboxylic acids is 1. The summed E-state index contributed by atoms with van der Waals surface area (Å²) in [6, 6.07) is 0. The van der Waals surface area contributed by atoms with E-state index in [1.807, 2.05) is 29.8 Å².